The van der Waals surface area contributed by atoms with Crippen molar-refractivity contribution in [2.75, 3.05) is 21.8 Å². The molecule has 1 aromatic heterocycles. The van der Waals surface area contributed by atoms with Gasteiger partial charge in [0.25, 0.3) is 10.0 Å². The zero-order valence-corrected chi connectivity index (χ0v) is 15.0. The van der Waals surface area contributed by atoms with Crippen molar-refractivity contribution in [2.24, 2.45) is 0 Å². The van der Waals surface area contributed by atoms with Gasteiger partial charge in [-0.2, -0.15) is 0 Å². The van der Waals surface area contributed by atoms with Crippen LogP contribution in [0.5, 0.6) is 0 Å². The normalized spacial score (nSPS) is 14.5. The molecule has 0 amide bonds. The van der Waals surface area contributed by atoms with Crippen LogP contribution in [0.1, 0.15) is 5.56 Å². The van der Waals surface area contributed by atoms with Gasteiger partial charge in [0.2, 0.25) is 10.0 Å². The predicted octanol–water partition coefficient (Wildman–Crippen LogP) is 1.86. The third-order valence-corrected chi connectivity index (χ3v) is 6.37. The Balaban J connectivity index is 1.89. The molecule has 128 valence electrons. The molecule has 1 aliphatic rings. The molecule has 1 N–H and O–H groups in total. The Bertz CT molecular complexity index is 989. The molecule has 0 fully saturated rings. The summed E-state index contributed by atoms with van der Waals surface area (Å²) in [6.45, 7) is 0.353. The molecule has 2 heterocycles. The van der Waals surface area contributed by atoms with E-state index in [1.807, 2.05) is 0 Å². The first kappa shape index (κ1) is 17.0. The molecule has 1 aliphatic heterocycles. The summed E-state index contributed by atoms with van der Waals surface area (Å²) < 4.78 is 51.9. The summed E-state index contributed by atoms with van der Waals surface area (Å²) in [7, 11) is -7.13. The van der Waals surface area contributed by atoms with Gasteiger partial charge in [-0.05, 0) is 42.3 Å². The first-order chi connectivity index (χ1) is 11.2. The van der Waals surface area contributed by atoms with Crippen LogP contribution >= 0.6 is 11.6 Å². The number of benzene rings is 1. The summed E-state index contributed by atoms with van der Waals surface area (Å²) in [6, 6.07) is 7.52. The standard InChI is InChI=1S/C14H14ClN3O4S2/c1-23(19,20)18-7-6-10-8-11(2-4-13(10)18)17-24(21,22)12-3-5-14(15)16-9-12/h2-5,8-9,17H,6-7H2,1H3. The Hall–Kier alpha value is -1.84. The number of hydrogen-bond acceptors (Lipinski definition) is 5. The zero-order chi connectivity index (χ0) is 17.5. The van der Waals surface area contributed by atoms with E-state index in [-0.39, 0.29) is 10.0 Å². The first-order valence-corrected chi connectivity index (χ1v) is 10.6. The van der Waals surface area contributed by atoms with Gasteiger partial charge in [0.15, 0.2) is 0 Å². The van der Waals surface area contributed by atoms with E-state index in [9.17, 15) is 16.8 Å². The van der Waals surface area contributed by atoms with Crippen LogP contribution in [-0.4, -0.2) is 34.6 Å². The van der Waals surface area contributed by atoms with Crippen molar-refractivity contribution >= 4 is 43.0 Å². The quantitative estimate of drug-likeness (QED) is 0.807. The van der Waals surface area contributed by atoms with Crippen LogP contribution in [0, 0.1) is 0 Å². The van der Waals surface area contributed by atoms with Crippen molar-refractivity contribution in [3.05, 3.63) is 47.2 Å². The number of nitrogens with one attached hydrogen (secondary N) is 1. The van der Waals surface area contributed by atoms with E-state index >= 15 is 0 Å². The van der Waals surface area contributed by atoms with E-state index in [2.05, 4.69) is 9.71 Å². The number of pyridine rings is 1. The van der Waals surface area contributed by atoms with Crippen molar-refractivity contribution in [3.8, 4) is 0 Å². The van der Waals surface area contributed by atoms with Crippen LogP contribution in [0.2, 0.25) is 5.15 Å². The molecule has 0 bridgehead atoms. The van der Waals surface area contributed by atoms with Gasteiger partial charge in [0.05, 0.1) is 11.9 Å². The SMILES string of the molecule is CS(=O)(=O)N1CCc2cc(NS(=O)(=O)c3ccc(Cl)nc3)ccc21. The molecule has 1 aromatic carbocycles. The minimum Gasteiger partial charge on any atom is -0.280 e. The molecule has 24 heavy (non-hydrogen) atoms. The minimum absolute atomic E-state index is 0.00911. The lowest BCUT2D eigenvalue weighted by Crippen LogP contribution is -2.27. The van der Waals surface area contributed by atoms with Crippen molar-refractivity contribution in [3.63, 3.8) is 0 Å². The van der Waals surface area contributed by atoms with Crippen LogP contribution in [0.15, 0.2) is 41.4 Å². The number of anilines is 2. The predicted molar refractivity (Wildman–Crippen MR) is 92.4 cm³/mol. The van der Waals surface area contributed by atoms with E-state index in [0.29, 0.717) is 24.3 Å². The third-order valence-electron chi connectivity index (χ3n) is 3.60. The summed E-state index contributed by atoms with van der Waals surface area (Å²) in [5, 5.41) is 0.201. The summed E-state index contributed by atoms with van der Waals surface area (Å²) in [6.07, 6.45) is 2.84. The first-order valence-electron chi connectivity index (χ1n) is 6.92. The Kier molecular flexibility index (Phi) is 4.18. The van der Waals surface area contributed by atoms with Crippen molar-refractivity contribution in [1.29, 1.82) is 0 Å². The monoisotopic (exact) mass is 387 g/mol. The molecule has 0 radical (unpaired) electrons. The molecule has 2 aromatic rings. The second-order valence-electron chi connectivity index (χ2n) is 5.35. The van der Waals surface area contributed by atoms with Gasteiger partial charge in [0.1, 0.15) is 10.0 Å². The number of halogens is 1. The fraction of sp³-hybridized carbons (Fsp3) is 0.214. The molecule has 0 saturated carbocycles. The Morgan fingerprint density at radius 2 is 1.92 bits per heavy atom. The smallest absolute Gasteiger partial charge is 0.263 e. The van der Waals surface area contributed by atoms with Gasteiger partial charge in [-0.3, -0.25) is 9.03 Å². The van der Waals surface area contributed by atoms with Crippen molar-refractivity contribution in [2.45, 2.75) is 11.3 Å². The third kappa shape index (κ3) is 3.33. The molecule has 3 rings (SSSR count). The number of rotatable bonds is 4. The van der Waals surface area contributed by atoms with Gasteiger partial charge >= 0.3 is 0 Å². The van der Waals surface area contributed by atoms with Gasteiger partial charge < -0.3 is 0 Å². The summed E-state index contributed by atoms with van der Waals surface area (Å²) in [5.41, 5.74) is 1.71. The molecular formula is C14H14ClN3O4S2. The fourth-order valence-electron chi connectivity index (χ4n) is 2.51. The highest BCUT2D eigenvalue weighted by Crippen LogP contribution is 2.32. The Morgan fingerprint density at radius 3 is 2.54 bits per heavy atom. The van der Waals surface area contributed by atoms with Crippen LogP contribution in [0.25, 0.3) is 0 Å². The van der Waals surface area contributed by atoms with E-state index < -0.39 is 20.0 Å². The topological polar surface area (TPSA) is 96.4 Å². The molecule has 7 nitrogen and oxygen atoms in total. The second-order valence-corrected chi connectivity index (χ2v) is 9.33. The number of nitrogens with zero attached hydrogens (tertiary/aromatic N) is 2. The van der Waals surface area contributed by atoms with E-state index in [1.165, 1.54) is 28.7 Å². The lowest BCUT2D eigenvalue weighted by molar-refractivity contribution is 0.597. The lowest BCUT2D eigenvalue weighted by atomic mass is 10.1. The van der Waals surface area contributed by atoms with E-state index in [0.717, 1.165) is 11.8 Å². The maximum Gasteiger partial charge on any atom is 0.263 e. The van der Waals surface area contributed by atoms with E-state index in [4.69, 9.17) is 11.6 Å². The molecular weight excluding hydrogens is 374 g/mol. The number of fused-ring (bicyclic) bond motifs is 1. The Labute approximate surface area is 145 Å². The van der Waals surface area contributed by atoms with Crippen LogP contribution in [-0.2, 0) is 26.5 Å². The molecule has 0 unspecified atom stereocenters. The minimum atomic E-state index is -3.79. The number of sulfonamides is 2. The van der Waals surface area contributed by atoms with Gasteiger partial charge in [0, 0.05) is 18.4 Å². The van der Waals surface area contributed by atoms with Gasteiger partial charge in [-0.1, -0.05) is 11.6 Å². The summed E-state index contributed by atoms with van der Waals surface area (Å²) >= 11 is 5.66. The van der Waals surface area contributed by atoms with Crippen molar-refractivity contribution in [1.82, 2.24) is 4.98 Å². The maximum absolute atomic E-state index is 12.3. The average molecular weight is 388 g/mol. The molecule has 0 spiro atoms. The molecule has 10 heteroatoms. The second kappa shape index (κ2) is 5.91. The maximum atomic E-state index is 12.3. The summed E-state index contributed by atoms with van der Waals surface area (Å²) in [4.78, 5) is 3.75. The van der Waals surface area contributed by atoms with Crippen LogP contribution < -0.4 is 9.03 Å². The largest absolute Gasteiger partial charge is 0.280 e. The number of hydrogen-bond donors (Lipinski definition) is 1. The highest BCUT2D eigenvalue weighted by molar-refractivity contribution is 7.92. The zero-order valence-electron chi connectivity index (χ0n) is 12.6. The highest BCUT2D eigenvalue weighted by atomic mass is 35.5. The lowest BCUT2D eigenvalue weighted by Gasteiger charge is -2.16. The Morgan fingerprint density at radius 1 is 1.17 bits per heavy atom. The molecule has 0 atom stereocenters. The van der Waals surface area contributed by atoms with Gasteiger partial charge in [-0.15, -0.1) is 0 Å². The van der Waals surface area contributed by atoms with Crippen LogP contribution in [0.4, 0.5) is 11.4 Å². The van der Waals surface area contributed by atoms with Crippen molar-refractivity contribution < 1.29 is 16.8 Å². The average Bonchev–Trinajstić information content (AvgIpc) is 2.90. The molecule has 0 aliphatic carbocycles. The fourth-order valence-corrected chi connectivity index (χ4v) is 4.58. The highest BCUT2D eigenvalue weighted by Gasteiger charge is 2.26. The van der Waals surface area contributed by atoms with Crippen LogP contribution in [0.3, 0.4) is 0 Å². The van der Waals surface area contributed by atoms with Gasteiger partial charge in [-0.25, -0.2) is 21.8 Å². The summed E-state index contributed by atoms with van der Waals surface area (Å²) in [5.74, 6) is 0. The van der Waals surface area contributed by atoms with E-state index in [1.54, 1.807) is 12.1 Å². The number of aromatic nitrogens is 1. The molecule has 0 saturated heterocycles.